The molecule has 106 valence electrons. The summed E-state index contributed by atoms with van der Waals surface area (Å²) in [6.07, 6.45) is 0.996. The fraction of sp³-hybridized carbons (Fsp3) is 0.538. The van der Waals surface area contributed by atoms with Crippen LogP contribution in [0.2, 0.25) is 0 Å². The van der Waals surface area contributed by atoms with E-state index in [1.54, 1.807) is 0 Å². The van der Waals surface area contributed by atoms with Gasteiger partial charge in [0.25, 0.3) is 10.2 Å². The van der Waals surface area contributed by atoms with Gasteiger partial charge in [0, 0.05) is 32.7 Å². The van der Waals surface area contributed by atoms with Crippen LogP contribution in [0.5, 0.6) is 0 Å². The SMILES string of the molecule is Cc1ccc(CCN2CCN(S(N)(=O)=O)CC2)cc1. The van der Waals surface area contributed by atoms with Crippen LogP contribution in [0.4, 0.5) is 0 Å². The van der Waals surface area contributed by atoms with E-state index < -0.39 is 10.2 Å². The summed E-state index contributed by atoms with van der Waals surface area (Å²) in [4.78, 5) is 2.28. The Labute approximate surface area is 115 Å². The zero-order valence-electron chi connectivity index (χ0n) is 11.2. The molecule has 19 heavy (non-hydrogen) atoms. The third-order valence-corrected chi connectivity index (χ3v) is 4.61. The molecule has 1 aromatic rings. The van der Waals surface area contributed by atoms with Gasteiger partial charge in [0.15, 0.2) is 0 Å². The predicted octanol–water partition coefficient (Wildman–Crippen LogP) is 0.359. The van der Waals surface area contributed by atoms with Gasteiger partial charge in [-0.25, -0.2) is 5.14 Å². The van der Waals surface area contributed by atoms with Crippen LogP contribution in [0.25, 0.3) is 0 Å². The average Bonchev–Trinajstić information content (AvgIpc) is 2.37. The van der Waals surface area contributed by atoms with Gasteiger partial charge in [-0.1, -0.05) is 29.8 Å². The second-order valence-electron chi connectivity index (χ2n) is 5.02. The number of hydrogen-bond acceptors (Lipinski definition) is 3. The van der Waals surface area contributed by atoms with E-state index in [-0.39, 0.29) is 0 Å². The lowest BCUT2D eigenvalue weighted by atomic mass is 10.1. The molecule has 1 saturated heterocycles. The maximum Gasteiger partial charge on any atom is 0.276 e. The third kappa shape index (κ3) is 4.28. The molecule has 2 rings (SSSR count). The van der Waals surface area contributed by atoms with Crippen molar-refractivity contribution in [1.82, 2.24) is 9.21 Å². The predicted molar refractivity (Wildman–Crippen MR) is 76.0 cm³/mol. The molecule has 6 heteroatoms. The summed E-state index contributed by atoms with van der Waals surface area (Å²) in [7, 11) is -3.51. The van der Waals surface area contributed by atoms with E-state index >= 15 is 0 Å². The molecule has 0 aliphatic carbocycles. The van der Waals surface area contributed by atoms with Crippen LogP contribution < -0.4 is 5.14 Å². The van der Waals surface area contributed by atoms with Crippen molar-refractivity contribution in [2.75, 3.05) is 32.7 Å². The Morgan fingerprint density at radius 3 is 2.21 bits per heavy atom. The Kier molecular flexibility index (Phi) is 4.57. The van der Waals surface area contributed by atoms with Crippen molar-refractivity contribution in [1.29, 1.82) is 0 Å². The highest BCUT2D eigenvalue weighted by Gasteiger charge is 2.23. The molecule has 1 heterocycles. The maximum absolute atomic E-state index is 11.2. The molecule has 1 fully saturated rings. The molecule has 0 spiro atoms. The first-order valence-corrected chi connectivity index (χ1v) is 8.01. The molecule has 0 bridgehead atoms. The Morgan fingerprint density at radius 1 is 1.11 bits per heavy atom. The minimum Gasteiger partial charge on any atom is -0.300 e. The van der Waals surface area contributed by atoms with Crippen molar-refractivity contribution < 1.29 is 8.42 Å². The number of hydrogen-bond donors (Lipinski definition) is 1. The maximum atomic E-state index is 11.2. The first-order valence-electron chi connectivity index (χ1n) is 6.51. The number of benzene rings is 1. The molecule has 0 unspecified atom stereocenters. The van der Waals surface area contributed by atoms with Crippen molar-refractivity contribution >= 4 is 10.2 Å². The first kappa shape index (κ1) is 14.5. The molecule has 1 aromatic carbocycles. The summed E-state index contributed by atoms with van der Waals surface area (Å²) in [5.74, 6) is 0. The van der Waals surface area contributed by atoms with Crippen LogP contribution in [0.15, 0.2) is 24.3 Å². The smallest absolute Gasteiger partial charge is 0.276 e. The zero-order valence-corrected chi connectivity index (χ0v) is 12.1. The monoisotopic (exact) mass is 283 g/mol. The summed E-state index contributed by atoms with van der Waals surface area (Å²) >= 11 is 0. The van der Waals surface area contributed by atoms with Crippen LogP contribution in [0.3, 0.4) is 0 Å². The molecule has 0 amide bonds. The molecule has 5 nitrogen and oxygen atoms in total. The molecular formula is C13H21N3O2S. The Bertz CT molecular complexity index is 505. The third-order valence-electron chi connectivity index (χ3n) is 3.53. The van der Waals surface area contributed by atoms with Gasteiger partial charge >= 0.3 is 0 Å². The van der Waals surface area contributed by atoms with Gasteiger partial charge in [-0.15, -0.1) is 0 Å². The van der Waals surface area contributed by atoms with Crippen LogP contribution in [0.1, 0.15) is 11.1 Å². The molecule has 1 aliphatic heterocycles. The van der Waals surface area contributed by atoms with Crippen molar-refractivity contribution in [3.8, 4) is 0 Å². The zero-order chi connectivity index (χ0) is 13.9. The Hall–Kier alpha value is -0.950. The van der Waals surface area contributed by atoms with Gasteiger partial charge in [0.1, 0.15) is 0 Å². The summed E-state index contributed by atoms with van der Waals surface area (Å²) < 4.78 is 23.7. The lowest BCUT2D eigenvalue weighted by molar-refractivity contribution is 0.190. The Morgan fingerprint density at radius 2 is 1.68 bits per heavy atom. The van der Waals surface area contributed by atoms with Gasteiger partial charge < -0.3 is 4.90 Å². The molecule has 0 aromatic heterocycles. The highest BCUT2D eigenvalue weighted by atomic mass is 32.2. The molecule has 0 radical (unpaired) electrons. The highest BCUT2D eigenvalue weighted by Crippen LogP contribution is 2.08. The van der Waals surface area contributed by atoms with Crippen molar-refractivity contribution in [2.24, 2.45) is 5.14 Å². The molecule has 0 atom stereocenters. The number of nitrogens with zero attached hydrogens (tertiary/aromatic N) is 2. The summed E-state index contributed by atoms with van der Waals surface area (Å²) in [5, 5.41) is 5.11. The van der Waals surface area contributed by atoms with Crippen molar-refractivity contribution in [2.45, 2.75) is 13.3 Å². The van der Waals surface area contributed by atoms with Gasteiger partial charge in [0.2, 0.25) is 0 Å². The largest absolute Gasteiger partial charge is 0.300 e. The average molecular weight is 283 g/mol. The molecule has 2 N–H and O–H groups in total. The van der Waals surface area contributed by atoms with E-state index in [1.807, 2.05) is 0 Å². The normalized spacial score (nSPS) is 18.6. The molecule has 0 saturated carbocycles. The number of aryl methyl sites for hydroxylation is 1. The van der Waals surface area contributed by atoms with Crippen molar-refractivity contribution in [3.63, 3.8) is 0 Å². The second-order valence-corrected chi connectivity index (χ2v) is 6.57. The lowest BCUT2D eigenvalue weighted by Crippen LogP contribution is -2.50. The van der Waals surface area contributed by atoms with Crippen LogP contribution in [-0.2, 0) is 16.6 Å². The van der Waals surface area contributed by atoms with E-state index in [0.717, 1.165) is 26.1 Å². The van der Waals surface area contributed by atoms with Crippen molar-refractivity contribution in [3.05, 3.63) is 35.4 Å². The van der Waals surface area contributed by atoms with Crippen LogP contribution in [0, 0.1) is 6.92 Å². The highest BCUT2D eigenvalue weighted by molar-refractivity contribution is 7.86. The van der Waals surface area contributed by atoms with Crippen LogP contribution in [-0.4, -0.2) is 50.3 Å². The second kappa shape index (κ2) is 6.00. The minimum absolute atomic E-state index is 0.493. The van der Waals surface area contributed by atoms with Gasteiger partial charge in [0.05, 0.1) is 0 Å². The fourth-order valence-corrected chi connectivity index (χ4v) is 2.92. The topological polar surface area (TPSA) is 66.6 Å². The number of nitrogens with two attached hydrogens (primary N) is 1. The summed E-state index contributed by atoms with van der Waals surface area (Å²) in [6.45, 7) is 5.53. The lowest BCUT2D eigenvalue weighted by Gasteiger charge is -2.32. The van der Waals surface area contributed by atoms with E-state index in [9.17, 15) is 8.42 Å². The van der Waals surface area contributed by atoms with Crippen LogP contribution >= 0.6 is 0 Å². The quantitative estimate of drug-likeness (QED) is 0.867. The van der Waals surface area contributed by atoms with Gasteiger partial charge in [-0.05, 0) is 18.9 Å². The number of piperazine rings is 1. The molecule has 1 aliphatic rings. The standard InChI is InChI=1S/C13H21N3O2S/c1-12-2-4-13(5-3-12)6-7-15-8-10-16(11-9-15)19(14,17)18/h2-5H,6-11H2,1H3,(H2,14,17,18). The number of rotatable bonds is 4. The van der Waals surface area contributed by atoms with Gasteiger partial charge in [-0.3, -0.25) is 0 Å². The van der Waals surface area contributed by atoms with E-state index in [2.05, 4.69) is 36.1 Å². The Balaban J connectivity index is 1.78. The minimum atomic E-state index is -3.51. The van der Waals surface area contributed by atoms with Gasteiger partial charge in [-0.2, -0.15) is 12.7 Å². The summed E-state index contributed by atoms with van der Waals surface area (Å²) in [6, 6.07) is 8.54. The van der Waals surface area contributed by atoms with E-state index in [0.29, 0.717) is 13.1 Å². The van der Waals surface area contributed by atoms with E-state index in [1.165, 1.54) is 15.4 Å². The fourth-order valence-electron chi connectivity index (χ4n) is 2.25. The molecular weight excluding hydrogens is 262 g/mol. The van der Waals surface area contributed by atoms with E-state index in [4.69, 9.17) is 5.14 Å². The summed E-state index contributed by atoms with van der Waals surface area (Å²) in [5.41, 5.74) is 2.59. The first-order chi connectivity index (χ1) is 8.95.